The quantitative estimate of drug-likeness (QED) is 0.766. The van der Waals surface area contributed by atoms with Crippen molar-refractivity contribution in [3.8, 4) is 5.88 Å². The first-order chi connectivity index (χ1) is 8.79. The van der Waals surface area contributed by atoms with Crippen molar-refractivity contribution in [1.82, 2.24) is 9.97 Å². The molecule has 0 aromatic carbocycles. The number of nitrogens with zero attached hydrogens (tertiary/aromatic N) is 2. The third kappa shape index (κ3) is 3.42. The second-order valence-electron chi connectivity index (χ2n) is 4.49. The van der Waals surface area contributed by atoms with Crippen LogP contribution in [0.15, 0.2) is 12.4 Å². The summed E-state index contributed by atoms with van der Waals surface area (Å²) in [5.74, 6) is 0.426. The highest BCUT2D eigenvalue weighted by Crippen LogP contribution is 2.24. The Kier molecular flexibility index (Phi) is 4.50. The Hall–Kier alpha value is -1.65. The summed E-state index contributed by atoms with van der Waals surface area (Å²) in [5, 5.41) is 0. The molecule has 5 nitrogen and oxygen atoms in total. The zero-order valence-corrected chi connectivity index (χ0v) is 10.6. The SMILES string of the molecule is COc1cnc(COC(=O)C2CCCCC2)cn1. The van der Waals surface area contributed by atoms with Crippen LogP contribution in [0, 0.1) is 5.92 Å². The Bertz CT molecular complexity index is 386. The van der Waals surface area contributed by atoms with Crippen molar-refractivity contribution < 1.29 is 14.3 Å². The smallest absolute Gasteiger partial charge is 0.309 e. The molecular formula is C13H18N2O3. The second-order valence-corrected chi connectivity index (χ2v) is 4.49. The molecule has 0 radical (unpaired) electrons. The van der Waals surface area contributed by atoms with E-state index >= 15 is 0 Å². The van der Waals surface area contributed by atoms with E-state index in [1.54, 1.807) is 6.20 Å². The van der Waals surface area contributed by atoms with Crippen molar-refractivity contribution in [2.24, 2.45) is 5.92 Å². The third-order valence-electron chi connectivity index (χ3n) is 3.19. The second kappa shape index (κ2) is 6.33. The van der Waals surface area contributed by atoms with Gasteiger partial charge in [-0.3, -0.25) is 9.78 Å². The van der Waals surface area contributed by atoms with Crippen LogP contribution in [-0.4, -0.2) is 23.0 Å². The molecule has 98 valence electrons. The summed E-state index contributed by atoms with van der Waals surface area (Å²) in [6.07, 6.45) is 8.47. The number of methoxy groups -OCH3 is 1. The number of carbonyl (C=O) groups is 1. The predicted molar refractivity (Wildman–Crippen MR) is 65.0 cm³/mol. The van der Waals surface area contributed by atoms with Crippen LogP contribution in [0.2, 0.25) is 0 Å². The average molecular weight is 250 g/mol. The largest absolute Gasteiger partial charge is 0.480 e. The Morgan fingerprint density at radius 1 is 1.28 bits per heavy atom. The lowest BCUT2D eigenvalue weighted by Gasteiger charge is -2.19. The molecular weight excluding hydrogens is 232 g/mol. The summed E-state index contributed by atoms with van der Waals surface area (Å²) in [6.45, 7) is 0.187. The van der Waals surface area contributed by atoms with E-state index in [-0.39, 0.29) is 18.5 Å². The highest BCUT2D eigenvalue weighted by molar-refractivity contribution is 5.72. The lowest BCUT2D eigenvalue weighted by atomic mass is 9.89. The van der Waals surface area contributed by atoms with Crippen LogP contribution in [-0.2, 0) is 16.1 Å². The fourth-order valence-electron chi connectivity index (χ4n) is 2.12. The van der Waals surface area contributed by atoms with Gasteiger partial charge >= 0.3 is 5.97 Å². The maximum absolute atomic E-state index is 11.8. The molecule has 2 rings (SSSR count). The Morgan fingerprint density at radius 2 is 2.06 bits per heavy atom. The average Bonchev–Trinajstić information content (AvgIpc) is 2.46. The first-order valence-corrected chi connectivity index (χ1v) is 6.31. The summed E-state index contributed by atoms with van der Waals surface area (Å²) in [5.41, 5.74) is 0.639. The number of rotatable bonds is 4. The van der Waals surface area contributed by atoms with Gasteiger partial charge in [-0.1, -0.05) is 19.3 Å². The number of carbonyl (C=O) groups excluding carboxylic acids is 1. The van der Waals surface area contributed by atoms with E-state index in [1.165, 1.54) is 19.7 Å². The van der Waals surface area contributed by atoms with E-state index in [0.29, 0.717) is 11.6 Å². The van der Waals surface area contributed by atoms with Gasteiger partial charge in [-0.15, -0.1) is 0 Å². The minimum atomic E-state index is -0.104. The van der Waals surface area contributed by atoms with Crippen LogP contribution >= 0.6 is 0 Å². The normalized spacial score (nSPS) is 16.3. The molecule has 1 aliphatic rings. The molecule has 1 fully saturated rings. The number of hydrogen-bond donors (Lipinski definition) is 0. The Morgan fingerprint density at radius 3 is 2.67 bits per heavy atom. The molecule has 0 unspecified atom stereocenters. The molecule has 18 heavy (non-hydrogen) atoms. The van der Waals surface area contributed by atoms with Gasteiger partial charge in [0.25, 0.3) is 0 Å². The minimum absolute atomic E-state index is 0.0740. The van der Waals surface area contributed by atoms with Crippen molar-refractivity contribution in [2.75, 3.05) is 7.11 Å². The molecule has 0 bridgehead atoms. The van der Waals surface area contributed by atoms with Gasteiger partial charge in [0.15, 0.2) is 0 Å². The van der Waals surface area contributed by atoms with Crippen molar-refractivity contribution in [3.05, 3.63) is 18.1 Å². The highest BCUT2D eigenvalue weighted by atomic mass is 16.5. The summed E-state index contributed by atoms with van der Waals surface area (Å²) in [6, 6.07) is 0. The number of esters is 1. The minimum Gasteiger partial charge on any atom is -0.480 e. The van der Waals surface area contributed by atoms with Gasteiger partial charge in [-0.2, -0.15) is 0 Å². The van der Waals surface area contributed by atoms with E-state index < -0.39 is 0 Å². The molecule has 1 aliphatic carbocycles. The van der Waals surface area contributed by atoms with E-state index in [1.807, 2.05) is 0 Å². The van der Waals surface area contributed by atoms with Crippen molar-refractivity contribution in [1.29, 1.82) is 0 Å². The zero-order valence-electron chi connectivity index (χ0n) is 10.6. The van der Waals surface area contributed by atoms with E-state index in [9.17, 15) is 4.79 Å². The van der Waals surface area contributed by atoms with Crippen molar-refractivity contribution in [2.45, 2.75) is 38.7 Å². The molecule has 5 heteroatoms. The molecule has 0 saturated heterocycles. The van der Waals surface area contributed by atoms with Crippen LogP contribution in [0.4, 0.5) is 0 Å². The van der Waals surface area contributed by atoms with Gasteiger partial charge in [-0.25, -0.2) is 4.98 Å². The Labute approximate surface area is 107 Å². The van der Waals surface area contributed by atoms with Gasteiger partial charge in [0.1, 0.15) is 6.61 Å². The molecule has 1 saturated carbocycles. The molecule has 0 atom stereocenters. The van der Waals surface area contributed by atoms with Gasteiger partial charge in [0, 0.05) is 0 Å². The zero-order chi connectivity index (χ0) is 12.8. The van der Waals surface area contributed by atoms with E-state index in [4.69, 9.17) is 9.47 Å². The number of aromatic nitrogens is 2. The predicted octanol–water partition coefficient (Wildman–Crippen LogP) is 2.11. The molecule has 0 aliphatic heterocycles. The molecule has 1 aromatic rings. The third-order valence-corrected chi connectivity index (χ3v) is 3.19. The van der Waals surface area contributed by atoms with Gasteiger partial charge in [0.05, 0.1) is 31.1 Å². The molecule has 1 heterocycles. The van der Waals surface area contributed by atoms with Crippen LogP contribution in [0.1, 0.15) is 37.8 Å². The highest BCUT2D eigenvalue weighted by Gasteiger charge is 2.22. The maximum atomic E-state index is 11.8. The topological polar surface area (TPSA) is 61.3 Å². The van der Waals surface area contributed by atoms with Crippen molar-refractivity contribution in [3.63, 3.8) is 0 Å². The van der Waals surface area contributed by atoms with Gasteiger partial charge < -0.3 is 9.47 Å². The van der Waals surface area contributed by atoms with Gasteiger partial charge in [0.2, 0.25) is 5.88 Å². The molecule has 0 spiro atoms. The summed E-state index contributed by atoms with van der Waals surface area (Å²) in [4.78, 5) is 19.9. The van der Waals surface area contributed by atoms with E-state index in [2.05, 4.69) is 9.97 Å². The van der Waals surface area contributed by atoms with Crippen LogP contribution in [0.5, 0.6) is 5.88 Å². The maximum Gasteiger partial charge on any atom is 0.309 e. The number of hydrogen-bond acceptors (Lipinski definition) is 5. The lowest BCUT2D eigenvalue weighted by Crippen LogP contribution is -2.20. The molecule has 0 N–H and O–H groups in total. The molecule has 0 amide bonds. The monoisotopic (exact) mass is 250 g/mol. The first-order valence-electron chi connectivity index (χ1n) is 6.31. The standard InChI is InChI=1S/C13H18N2O3/c1-17-12-8-14-11(7-15-12)9-18-13(16)10-5-3-2-4-6-10/h7-8,10H,2-6,9H2,1H3. The van der Waals surface area contributed by atoms with Crippen molar-refractivity contribution >= 4 is 5.97 Å². The summed E-state index contributed by atoms with van der Waals surface area (Å²) in [7, 11) is 1.53. The first kappa shape index (κ1) is 12.8. The van der Waals surface area contributed by atoms with E-state index in [0.717, 1.165) is 25.7 Å². The Balaban J connectivity index is 1.80. The summed E-state index contributed by atoms with van der Waals surface area (Å²) >= 11 is 0. The fraction of sp³-hybridized carbons (Fsp3) is 0.615. The summed E-state index contributed by atoms with van der Waals surface area (Å²) < 4.78 is 10.2. The van der Waals surface area contributed by atoms with Gasteiger partial charge in [-0.05, 0) is 12.8 Å². The van der Waals surface area contributed by atoms with Crippen LogP contribution in [0.25, 0.3) is 0 Å². The number of ether oxygens (including phenoxy) is 2. The fourth-order valence-corrected chi connectivity index (χ4v) is 2.12. The lowest BCUT2D eigenvalue weighted by molar-refractivity contribution is -0.151. The van der Waals surface area contributed by atoms with Crippen LogP contribution < -0.4 is 4.74 Å². The van der Waals surface area contributed by atoms with Crippen LogP contribution in [0.3, 0.4) is 0 Å². The molecule has 1 aromatic heterocycles.